The van der Waals surface area contributed by atoms with Crippen LogP contribution in [0.3, 0.4) is 0 Å². The SMILES string of the molecule is CC1CN(CC2(C)CCNC2)CCC1N1CCN(C)CC1.Cl. The van der Waals surface area contributed by atoms with E-state index in [-0.39, 0.29) is 12.4 Å². The van der Waals surface area contributed by atoms with Crippen LogP contribution in [0.25, 0.3) is 0 Å². The quantitative estimate of drug-likeness (QED) is 0.843. The summed E-state index contributed by atoms with van der Waals surface area (Å²) in [5.74, 6) is 0.820. The maximum Gasteiger partial charge on any atom is 0.0146 e. The maximum absolute atomic E-state index is 3.54. The summed E-state index contributed by atoms with van der Waals surface area (Å²) in [7, 11) is 2.25. The van der Waals surface area contributed by atoms with Gasteiger partial charge in [-0.25, -0.2) is 0 Å². The van der Waals surface area contributed by atoms with Gasteiger partial charge in [0.15, 0.2) is 0 Å². The first kappa shape index (κ1) is 18.5. The molecule has 3 fully saturated rings. The van der Waals surface area contributed by atoms with Crippen molar-refractivity contribution >= 4 is 12.4 Å². The normalized spacial score (nSPS) is 38.9. The molecule has 0 aromatic heterocycles. The van der Waals surface area contributed by atoms with E-state index in [2.05, 4.69) is 40.9 Å². The minimum Gasteiger partial charge on any atom is -0.316 e. The van der Waals surface area contributed by atoms with Gasteiger partial charge in [0.1, 0.15) is 0 Å². The second kappa shape index (κ2) is 7.80. The Morgan fingerprint density at radius 3 is 2.45 bits per heavy atom. The van der Waals surface area contributed by atoms with E-state index in [0.29, 0.717) is 5.41 Å². The molecule has 22 heavy (non-hydrogen) atoms. The average molecular weight is 331 g/mol. The van der Waals surface area contributed by atoms with E-state index >= 15 is 0 Å². The number of likely N-dealkylation sites (N-methyl/N-ethyl adjacent to an activating group) is 1. The summed E-state index contributed by atoms with van der Waals surface area (Å²) in [5.41, 5.74) is 0.514. The smallest absolute Gasteiger partial charge is 0.0146 e. The van der Waals surface area contributed by atoms with Crippen LogP contribution in [-0.4, -0.2) is 86.7 Å². The summed E-state index contributed by atoms with van der Waals surface area (Å²) < 4.78 is 0. The lowest BCUT2D eigenvalue weighted by atomic mass is 9.86. The first-order valence-corrected chi connectivity index (χ1v) is 8.91. The number of likely N-dealkylation sites (tertiary alicyclic amines) is 1. The molecule has 0 aromatic carbocycles. The highest BCUT2D eigenvalue weighted by atomic mass is 35.5. The molecule has 130 valence electrons. The Hall–Kier alpha value is 0.130. The fourth-order valence-corrected chi connectivity index (χ4v) is 4.60. The predicted octanol–water partition coefficient (Wildman–Crippen LogP) is 1.37. The third-order valence-electron chi connectivity index (χ3n) is 6.01. The molecule has 1 N–H and O–H groups in total. The molecule has 0 amide bonds. The summed E-state index contributed by atoms with van der Waals surface area (Å²) in [6.07, 6.45) is 2.72. The Morgan fingerprint density at radius 2 is 1.86 bits per heavy atom. The van der Waals surface area contributed by atoms with E-state index in [1.807, 2.05) is 0 Å². The zero-order valence-electron chi connectivity index (χ0n) is 14.7. The van der Waals surface area contributed by atoms with E-state index in [9.17, 15) is 0 Å². The number of hydrogen-bond donors (Lipinski definition) is 1. The zero-order chi connectivity index (χ0) is 14.9. The molecule has 4 nitrogen and oxygen atoms in total. The molecule has 0 aromatic rings. The minimum absolute atomic E-state index is 0. The van der Waals surface area contributed by atoms with Crippen molar-refractivity contribution < 1.29 is 0 Å². The fourth-order valence-electron chi connectivity index (χ4n) is 4.60. The summed E-state index contributed by atoms with van der Waals surface area (Å²) in [5, 5.41) is 3.54. The van der Waals surface area contributed by atoms with E-state index in [4.69, 9.17) is 0 Å². The highest BCUT2D eigenvalue weighted by Gasteiger charge is 2.36. The molecular weight excluding hydrogens is 296 g/mol. The molecule has 0 radical (unpaired) electrons. The standard InChI is InChI=1S/C17H34N4.ClH/c1-15-12-20(14-17(2)5-6-18-13-17)7-4-16(15)21-10-8-19(3)9-11-21;/h15-16,18H,4-14H2,1-3H3;1H. The number of piperazine rings is 1. The molecule has 3 saturated heterocycles. The summed E-state index contributed by atoms with van der Waals surface area (Å²) in [6, 6.07) is 0.824. The molecule has 3 rings (SSSR count). The lowest BCUT2D eigenvalue weighted by molar-refractivity contribution is 0.0240. The molecule has 0 bridgehead atoms. The van der Waals surface area contributed by atoms with Gasteiger partial charge in [-0.3, -0.25) is 4.90 Å². The summed E-state index contributed by atoms with van der Waals surface area (Å²) >= 11 is 0. The largest absolute Gasteiger partial charge is 0.316 e. The van der Waals surface area contributed by atoms with Crippen molar-refractivity contribution in [1.82, 2.24) is 20.0 Å². The van der Waals surface area contributed by atoms with Gasteiger partial charge in [-0.15, -0.1) is 12.4 Å². The topological polar surface area (TPSA) is 21.8 Å². The van der Waals surface area contributed by atoms with Gasteiger partial charge in [0.25, 0.3) is 0 Å². The van der Waals surface area contributed by atoms with Crippen LogP contribution >= 0.6 is 12.4 Å². The Bertz CT molecular complexity index is 338. The van der Waals surface area contributed by atoms with Crippen molar-refractivity contribution in [2.24, 2.45) is 11.3 Å². The van der Waals surface area contributed by atoms with Crippen molar-refractivity contribution in [3.63, 3.8) is 0 Å². The number of piperidine rings is 1. The molecule has 5 heteroatoms. The van der Waals surface area contributed by atoms with Crippen LogP contribution in [0.4, 0.5) is 0 Å². The van der Waals surface area contributed by atoms with Crippen molar-refractivity contribution in [3.05, 3.63) is 0 Å². The van der Waals surface area contributed by atoms with Crippen LogP contribution < -0.4 is 5.32 Å². The van der Waals surface area contributed by atoms with E-state index < -0.39 is 0 Å². The van der Waals surface area contributed by atoms with Gasteiger partial charge in [0.2, 0.25) is 0 Å². The van der Waals surface area contributed by atoms with Crippen molar-refractivity contribution in [2.45, 2.75) is 32.7 Å². The molecule has 0 saturated carbocycles. The Balaban J connectivity index is 0.00000176. The maximum atomic E-state index is 3.54. The fraction of sp³-hybridized carbons (Fsp3) is 1.00. The van der Waals surface area contributed by atoms with Gasteiger partial charge < -0.3 is 15.1 Å². The first-order valence-electron chi connectivity index (χ1n) is 8.91. The van der Waals surface area contributed by atoms with E-state index in [1.54, 1.807) is 0 Å². The predicted molar refractivity (Wildman–Crippen MR) is 95.9 cm³/mol. The molecule has 3 aliphatic rings. The lowest BCUT2D eigenvalue weighted by Crippen LogP contribution is -2.56. The summed E-state index contributed by atoms with van der Waals surface area (Å²) in [6.45, 7) is 16.3. The van der Waals surface area contributed by atoms with Crippen LogP contribution in [-0.2, 0) is 0 Å². The highest BCUT2D eigenvalue weighted by molar-refractivity contribution is 5.85. The molecule has 0 spiro atoms. The van der Waals surface area contributed by atoms with Crippen LogP contribution in [0.5, 0.6) is 0 Å². The van der Waals surface area contributed by atoms with Gasteiger partial charge in [-0.05, 0) is 44.3 Å². The monoisotopic (exact) mass is 330 g/mol. The third kappa shape index (κ3) is 4.35. The number of halogens is 1. The third-order valence-corrected chi connectivity index (χ3v) is 6.01. The van der Waals surface area contributed by atoms with Gasteiger partial charge in [0.05, 0.1) is 0 Å². The average Bonchev–Trinajstić information content (AvgIpc) is 2.87. The van der Waals surface area contributed by atoms with Crippen molar-refractivity contribution in [1.29, 1.82) is 0 Å². The number of nitrogens with zero attached hydrogens (tertiary/aromatic N) is 3. The van der Waals surface area contributed by atoms with Crippen LogP contribution in [0.15, 0.2) is 0 Å². The molecule has 3 atom stereocenters. The molecular formula is C17H35ClN4. The Kier molecular flexibility index (Phi) is 6.55. The van der Waals surface area contributed by atoms with Crippen LogP contribution in [0.1, 0.15) is 26.7 Å². The molecule has 3 unspecified atom stereocenters. The minimum atomic E-state index is 0. The Labute approximate surface area is 143 Å². The molecule has 3 aliphatic heterocycles. The lowest BCUT2D eigenvalue weighted by Gasteiger charge is -2.46. The second-order valence-corrected chi connectivity index (χ2v) is 8.15. The highest BCUT2D eigenvalue weighted by Crippen LogP contribution is 2.29. The van der Waals surface area contributed by atoms with Gasteiger partial charge in [-0.2, -0.15) is 0 Å². The van der Waals surface area contributed by atoms with Crippen LogP contribution in [0, 0.1) is 11.3 Å². The number of rotatable bonds is 3. The van der Waals surface area contributed by atoms with E-state index in [0.717, 1.165) is 12.0 Å². The molecule has 0 aliphatic carbocycles. The Morgan fingerprint density at radius 1 is 1.14 bits per heavy atom. The number of nitrogens with one attached hydrogen (secondary N) is 1. The second-order valence-electron chi connectivity index (χ2n) is 8.15. The van der Waals surface area contributed by atoms with Gasteiger partial charge >= 0.3 is 0 Å². The molecule has 3 heterocycles. The van der Waals surface area contributed by atoms with Gasteiger partial charge in [-0.1, -0.05) is 13.8 Å². The van der Waals surface area contributed by atoms with E-state index in [1.165, 1.54) is 71.7 Å². The number of hydrogen-bond acceptors (Lipinski definition) is 4. The van der Waals surface area contributed by atoms with Gasteiger partial charge in [0, 0.05) is 51.9 Å². The summed E-state index contributed by atoms with van der Waals surface area (Å²) in [4.78, 5) is 7.97. The van der Waals surface area contributed by atoms with Crippen LogP contribution in [0.2, 0.25) is 0 Å². The zero-order valence-corrected chi connectivity index (χ0v) is 15.5. The first-order chi connectivity index (χ1) is 10.1. The van der Waals surface area contributed by atoms with Crippen molar-refractivity contribution in [3.8, 4) is 0 Å². The van der Waals surface area contributed by atoms with Crippen molar-refractivity contribution in [2.75, 3.05) is 66.0 Å².